The molecule has 3 rings (SSSR count). The molecule has 2 N–H and O–H groups in total. The maximum absolute atomic E-state index is 13.8. The number of rotatable bonds is 7. The van der Waals surface area contributed by atoms with Crippen molar-refractivity contribution in [3.8, 4) is 0 Å². The van der Waals surface area contributed by atoms with E-state index in [0.717, 1.165) is 31.4 Å². The summed E-state index contributed by atoms with van der Waals surface area (Å²) in [6.07, 6.45) is 5.20. The van der Waals surface area contributed by atoms with Crippen LogP contribution in [0.4, 0.5) is 10.2 Å². The minimum absolute atomic E-state index is 0.161. The number of aromatic nitrogens is 4. The zero-order valence-corrected chi connectivity index (χ0v) is 15.0. The number of nitrogen functional groups attached to an aromatic ring is 1. The molecule has 2 heterocycles. The monoisotopic (exact) mass is 381 g/mol. The van der Waals surface area contributed by atoms with Crippen molar-refractivity contribution in [1.29, 1.82) is 0 Å². The highest BCUT2D eigenvalue weighted by Crippen LogP contribution is 2.24. The fourth-order valence-corrected chi connectivity index (χ4v) is 3.29. The predicted molar refractivity (Wildman–Crippen MR) is 97.5 cm³/mol. The second-order valence-corrected chi connectivity index (χ2v) is 6.92. The Morgan fingerprint density at radius 2 is 2.12 bits per heavy atom. The number of nitrogens with two attached hydrogens (primary N) is 1. The van der Waals surface area contributed by atoms with Gasteiger partial charge in [-0.05, 0) is 37.8 Å². The molecule has 0 aliphatic rings. The van der Waals surface area contributed by atoms with Crippen LogP contribution in [0.5, 0.6) is 0 Å². The van der Waals surface area contributed by atoms with E-state index in [-0.39, 0.29) is 11.2 Å². The molecule has 1 aromatic carbocycles. The second kappa shape index (κ2) is 7.97. The molecule has 0 fully saturated rings. The molecule has 3 aromatic rings. The molecule has 0 bridgehead atoms. The summed E-state index contributed by atoms with van der Waals surface area (Å²) in [6.45, 7) is 0. The molecular formula is C17H18Cl2FN5. The van der Waals surface area contributed by atoms with Gasteiger partial charge in [0.25, 0.3) is 5.78 Å². The molecule has 1 unspecified atom stereocenters. The van der Waals surface area contributed by atoms with Crippen LogP contribution in [-0.4, -0.2) is 25.0 Å². The second-order valence-electron chi connectivity index (χ2n) is 5.89. The van der Waals surface area contributed by atoms with Gasteiger partial charge in [-0.2, -0.15) is 14.6 Å². The van der Waals surface area contributed by atoms with E-state index in [1.165, 1.54) is 16.9 Å². The van der Waals surface area contributed by atoms with E-state index in [0.29, 0.717) is 28.6 Å². The van der Waals surface area contributed by atoms with Crippen LogP contribution in [0.1, 0.15) is 30.5 Å². The number of anilines is 1. The van der Waals surface area contributed by atoms with Crippen molar-refractivity contribution in [2.75, 3.05) is 5.73 Å². The molecule has 0 aliphatic carbocycles. The van der Waals surface area contributed by atoms with Gasteiger partial charge in [0.05, 0.1) is 0 Å². The third-order valence-electron chi connectivity index (χ3n) is 4.02. The highest BCUT2D eigenvalue weighted by atomic mass is 35.5. The Hall–Kier alpha value is -1.92. The molecule has 2 aromatic heterocycles. The van der Waals surface area contributed by atoms with Gasteiger partial charge in [0.2, 0.25) is 0 Å². The highest BCUT2D eigenvalue weighted by Gasteiger charge is 2.13. The van der Waals surface area contributed by atoms with Crippen LogP contribution in [0.25, 0.3) is 5.78 Å². The minimum Gasteiger partial charge on any atom is -0.383 e. The summed E-state index contributed by atoms with van der Waals surface area (Å²) in [7, 11) is 0. The molecule has 5 nitrogen and oxygen atoms in total. The average Bonchev–Trinajstić information content (AvgIpc) is 3.04. The summed E-state index contributed by atoms with van der Waals surface area (Å²) in [5, 5.41) is 4.25. The maximum Gasteiger partial charge on any atom is 0.254 e. The van der Waals surface area contributed by atoms with E-state index in [1.807, 2.05) is 0 Å². The normalized spacial score (nSPS) is 12.6. The molecule has 25 heavy (non-hydrogen) atoms. The lowest BCUT2D eigenvalue weighted by molar-refractivity contribution is 0.591. The van der Waals surface area contributed by atoms with E-state index in [9.17, 15) is 4.39 Å². The van der Waals surface area contributed by atoms with Crippen molar-refractivity contribution in [3.63, 3.8) is 0 Å². The number of unbranched alkanes of at least 4 members (excludes halogenated alkanes) is 1. The Morgan fingerprint density at radius 3 is 2.92 bits per heavy atom. The molecule has 0 saturated heterocycles. The van der Waals surface area contributed by atoms with E-state index >= 15 is 0 Å². The van der Waals surface area contributed by atoms with Crippen LogP contribution in [-0.2, 0) is 12.8 Å². The minimum atomic E-state index is -0.306. The largest absolute Gasteiger partial charge is 0.383 e. The van der Waals surface area contributed by atoms with Crippen LogP contribution in [0.15, 0.2) is 30.6 Å². The Labute approximate surface area is 155 Å². The number of fused-ring (bicyclic) bond motifs is 1. The zero-order chi connectivity index (χ0) is 17.8. The van der Waals surface area contributed by atoms with Gasteiger partial charge in [-0.15, -0.1) is 11.6 Å². The summed E-state index contributed by atoms with van der Waals surface area (Å²) in [4.78, 5) is 8.46. The van der Waals surface area contributed by atoms with Gasteiger partial charge in [0, 0.05) is 27.7 Å². The van der Waals surface area contributed by atoms with Crippen LogP contribution >= 0.6 is 23.2 Å². The number of hydrogen-bond donors (Lipinski definition) is 1. The van der Waals surface area contributed by atoms with Crippen LogP contribution in [0.2, 0.25) is 5.02 Å². The van der Waals surface area contributed by atoms with Gasteiger partial charge in [0.15, 0.2) is 0 Å². The Balaban J connectivity index is 1.49. The molecular weight excluding hydrogens is 364 g/mol. The third-order valence-corrected chi connectivity index (χ3v) is 4.75. The third kappa shape index (κ3) is 4.38. The fraction of sp³-hybridized carbons (Fsp3) is 0.353. The maximum atomic E-state index is 13.8. The summed E-state index contributed by atoms with van der Waals surface area (Å²) in [6, 6.07) is 6.48. The number of hydrogen-bond acceptors (Lipinski definition) is 4. The standard InChI is InChI=1S/C17H18Cl2FN5/c18-11(8-13-14(19)6-3-7-15(13)20)4-1-2-5-12-9-16(21)25-17(24-12)22-10-23-25/h3,6-7,9-11H,1-2,4-5,8,21H2. The van der Waals surface area contributed by atoms with Gasteiger partial charge in [-0.3, -0.25) is 0 Å². The first-order chi connectivity index (χ1) is 12.0. The van der Waals surface area contributed by atoms with Crippen LogP contribution in [0.3, 0.4) is 0 Å². The van der Waals surface area contributed by atoms with Crippen molar-refractivity contribution in [2.45, 2.75) is 37.5 Å². The van der Waals surface area contributed by atoms with E-state index in [2.05, 4.69) is 15.1 Å². The molecule has 0 saturated carbocycles. The van der Waals surface area contributed by atoms with Gasteiger partial charge in [0.1, 0.15) is 18.0 Å². The number of halogens is 3. The quantitative estimate of drug-likeness (QED) is 0.494. The van der Waals surface area contributed by atoms with E-state index in [1.54, 1.807) is 18.2 Å². The first kappa shape index (κ1) is 17.9. The molecule has 0 spiro atoms. The number of benzene rings is 1. The molecule has 132 valence electrons. The lowest BCUT2D eigenvalue weighted by Gasteiger charge is -2.11. The SMILES string of the molecule is Nc1cc(CCCCC(Cl)Cc2c(F)cccc2Cl)nc2ncnn12. The van der Waals surface area contributed by atoms with Crippen molar-refractivity contribution in [1.82, 2.24) is 19.6 Å². The number of aryl methyl sites for hydroxylation is 1. The van der Waals surface area contributed by atoms with Gasteiger partial charge in [-0.1, -0.05) is 24.1 Å². The van der Waals surface area contributed by atoms with Crippen LogP contribution < -0.4 is 5.73 Å². The summed E-state index contributed by atoms with van der Waals surface area (Å²) in [5.41, 5.74) is 7.28. The summed E-state index contributed by atoms with van der Waals surface area (Å²) >= 11 is 12.4. The predicted octanol–water partition coefficient (Wildman–Crippen LogP) is 4.06. The smallest absolute Gasteiger partial charge is 0.254 e. The highest BCUT2D eigenvalue weighted by molar-refractivity contribution is 6.31. The van der Waals surface area contributed by atoms with E-state index in [4.69, 9.17) is 28.9 Å². The Morgan fingerprint density at radius 1 is 1.28 bits per heavy atom. The van der Waals surface area contributed by atoms with Gasteiger partial charge in [-0.25, -0.2) is 9.37 Å². The van der Waals surface area contributed by atoms with Gasteiger partial charge >= 0.3 is 0 Å². The van der Waals surface area contributed by atoms with E-state index < -0.39 is 0 Å². The molecule has 0 amide bonds. The molecule has 0 aliphatic heterocycles. The van der Waals surface area contributed by atoms with Gasteiger partial charge < -0.3 is 5.73 Å². The Kier molecular flexibility index (Phi) is 5.71. The molecule has 8 heteroatoms. The number of nitrogens with zero attached hydrogens (tertiary/aromatic N) is 4. The topological polar surface area (TPSA) is 69.1 Å². The lowest BCUT2D eigenvalue weighted by Crippen LogP contribution is -2.07. The van der Waals surface area contributed by atoms with Crippen LogP contribution in [0, 0.1) is 5.82 Å². The Bertz CT molecular complexity index is 847. The first-order valence-corrected chi connectivity index (χ1v) is 8.88. The summed E-state index contributed by atoms with van der Waals surface area (Å²) in [5.74, 6) is 0.709. The summed E-state index contributed by atoms with van der Waals surface area (Å²) < 4.78 is 15.3. The zero-order valence-electron chi connectivity index (χ0n) is 13.5. The molecule has 1 atom stereocenters. The number of alkyl halides is 1. The van der Waals surface area contributed by atoms with Crippen molar-refractivity contribution in [2.24, 2.45) is 0 Å². The van der Waals surface area contributed by atoms with Crippen molar-refractivity contribution in [3.05, 3.63) is 52.7 Å². The first-order valence-electron chi connectivity index (χ1n) is 8.06. The fourth-order valence-electron chi connectivity index (χ4n) is 2.74. The lowest BCUT2D eigenvalue weighted by atomic mass is 10.0. The van der Waals surface area contributed by atoms with Crippen molar-refractivity contribution >= 4 is 34.8 Å². The molecule has 0 radical (unpaired) electrons. The van der Waals surface area contributed by atoms with Crippen molar-refractivity contribution < 1.29 is 4.39 Å². The average molecular weight is 382 g/mol.